The Hall–Kier alpha value is -4.29. The molecule has 222 valence electrons. The first kappa shape index (κ1) is 28.8. The minimum Gasteiger partial charge on any atom is -0.457 e. The number of benzene rings is 3. The summed E-state index contributed by atoms with van der Waals surface area (Å²) in [5, 5.41) is 6.60. The van der Waals surface area contributed by atoms with E-state index < -0.39 is 17.4 Å². The highest BCUT2D eigenvalue weighted by atomic mass is 32.1. The molecule has 1 aromatic heterocycles. The molecule has 11 heteroatoms. The Balaban J connectivity index is 1.36. The number of ketones is 1. The molecule has 0 radical (unpaired) electrons. The first-order valence-electron chi connectivity index (χ1n) is 14.2. The highest BCUT2D eigenvalue weighted by Gasteiger charge is 2.49. The molecule has 0 spiro atoms. The van der Waals surface area contributed by atoms with E-state index in [1.54, 1.807) is 24.3 Å². The van der Waals surface area contributed by atoms with Gasteiger partial charge in [-0.25, -0.2) is 0 Å². The van der Waals surface area contributed by atoms with E-state index in [-0.39, 0.29) is 30.4 Å². The summed E-state index contributed by atoms with van der Waals surface area (Å²) in [4.78, 5) is 39.9. The zero-order valence-corrected chi connectivity index (χ0v) is 24.5. The number of rotatable bonds is 7. The molecule has 3 aromatic carbocycles. The number of carbonyl (C=O) groups is 3. The van der Waals surface area contributed by atoms with Crippen LogP contribution in [0.25, 0.3) is 10.1 Å². The standard InChI is InChI=1S/C32H34N6O4S/c1-16-13-20(42-19-5-3-2-4-6-19)9-10-21(16)32(36)22-11-12-23(34)28-25(22)26(27(35)30(32)40)29(43-28)31(41)38-18-8-7-17(14-18)37-24(39)15-33/h2-6,9-13,17-18,27H,7-8,14-15,33-36H2,1H3,(H,37,39)(H,38,41)/t17-,18-,27?,32?/m1/s1. The summed E-state index contributed by atoms with van der Waals surface area (Å²) in [5.41, 5.74) is 26.8. The van der Waals surface area contributed by atoms with Crippen LogP contribution in [0.5, 0.6) is 11.5 Å². The van der Waals surface area contributed by atoms with Gasteiger partial charge in [0.05, 0.1) is 22.2 Å². The fourth-order valence-corrected chi connectivity index (χ4v) is 7.58. The Morgan fingerprint density at radius 2 is 1.70 bits per heavy atom. The van der Waals surface area contributed by atoms with Gasteiger partial charge in [0.1, 0.15) is 17.0 Å². The second-order valence-corrected chi connectivity index (χ2v) is 12.3. The van der Waals surface area contributed by atoms with Gasteiger partial charge in [0.2, 0.25) is 5.91 Å². The van der Waals surface area contributed by atoms with Crippen LogP contribution < -0.4 is 38.3 Å². The predicted molar refractivity (Wildman–Crippen MR) is 167 cm³/mol. The number of thiophene rings is 1. The van der Waals surface area contributed by atoms with E-state index in [2.05, 4.69) is 10.6 Å². The normalized spacial score (nSPS) is 22.9. The molecular formula is C32H34N6O4S. The van der Waals surface area contributed by atoms with Gasteiger partial charge < -0.3 is 38.3 Å². The molecule has 4 aromatic rings. The lowest BCUT2D eigenvalue weighted by Gasteiger charge is -2.37. The van der Waals surface area contributed by atoms with Gasteiger partial charge >= 0.3 is 0 Å². The number of amides is 2. The number of hydrogen-bond donors (Lipinski definition) is 6. The minimum absolute atomic E-state index is 0.0567. The Morgan fingerprint density at radius 1 is 1.00 bits per heavy atom. The third kappa shape index (κ3) is 4.94. The van der Waals surface area contributed by atoms with E-state index >= 15 is 0 Å². The number of para-hydroxylation sites is 1. The Kier molecular flexibility index (Phi) is 7.43. The summed E-state index contributed by atoms with van der Waals surface area (Å²) in [6, 6.07) is 17.0. The molecule has 0 aliphatic heterocycles. The number of aryl methyl sites for hydroxylation is 1. The largest absolute Gasteiger partial charge is 0.457 e. The monoisotopic (exact) mass is 598 g/mol. The lowest BCUT2D eigenvalue weighted by molar-refractivity contribution is -0.124. The number of anilines is 1. The van der Waals surface area contributed by atoms with Crippen LogP contribution in [0.2, 0.25) is 0 Å². The molecule has 2 aliphatic rings. The molecule has 43 heavy (non-hydrogen) atoms. The molecule has 1 fully saturated rings. The zero-order valence-electron chi connectivity index (χ0n) is 23.7. The molecule has 2 aliphatic carbocycles. The molecule has 2 amide bonds. The van der Waals surface area contributed by atoms with Crippen LogP contribution in [0.3, 0.4) is 0 Å². The quantitative estimate of drug-likeness (QED) is 0.175. The third-order valence-corrected chi connectivity index (χ3v) is 9.69. The highest BCUT2D eigenvalue weighted by molar-refractivity contribution is 7.21. The molecule has 1 heterocycles. The maximum atomic E-state index is 14.2. The molecule has 10 nitrogen and oxygen atoms in total. The Bertz CT molecular complexity index is 1760. The van der Waals surface area contributed by atoms with E-state index in [0.29, 0.717) is 61.7 Å². The van der Waals surface area contributed by atoms with E-state index in [0.717, 1.165) is 12.0 Å². The number of hydrogen-bond acceptors (Lipinski definition) is 9. The van der Waals surface area contributed by atoms with Gasteiger partial charge in [-0.3, -0.25) is 14.4 Å². The molecule has 10 N–H and O–H groups in total. The van der Waals surface area contributed by atoms with Gasteiger partial charge in [-0.1, -0.05) is 30.3 Å². The van der Waals surface area contributed by atoms with Gasteiger partial charge in [-0.05, 0) is 73.2 Å². The summed E-state index contributed by atoms with van der Waals surface area (Å²) in [6.07, 6.45) is 2.02. The fraction of sp³-hybridized carbons (Fsp3) is 0.281. The number of nitrogen functional groups attached to an aromatic ring is 1. The van der Waals surface area contributed by atoms with Crippen molar-refractivity contribution in [3.05, 3.63) is 87.8 Å². The number of ether oxygens (including phenoxy) is 1. The minimum atomic E-state index is -1.57. The summed E-state index contributed by atoms with van der Waals surface area (Å²) in [5.74, 6) is 0.332. The summed E-state index contributed by atoms with van der Waals surface area (Å²) in [7, 11) is 0. The van der Waals surface area contributed by atoms with Crippen LogP contribution in [0.1, 0.15) is 57.2 Å². The molecule has 0 saturated heterocycles. The number of nitrogens with two attached hydrogens (primary N) is 4. The van der Waals surface area contributed by atoms with E-state index in [4.69, 9.17) is 27.7 Å². The van der Waals surface area contributed by atoms with Crippen molar-refractivity contribution in [3.8, 4) is 11.5 Å². The average molecular weight is 599 g/mol. The fourth-order valence-electron chi connectivity index (χ4n) is 6.38. The van der Waals surface area contributed by atoms with Crippen LogP contribution in [0, 0.1) is 6.92 Å². The summed E-state index contributed by atoms with van der Waals surface area (Å²) < 4.78 is 6.65. The van der Waals surface area contributed by atoms with Gasteiger partial charge in [0.25, 0.3) is 5.91 Å². The smallest absolute Gasteiger partial charge is 0.261 e. The van der Waals surface area contributed by atoms with Crippen molar-refractivity contribution in [2.75, 3.05) is 12.3 Å². The van der Waals surface area contributed by atoms with Crippen LogP contribution in [0.4, 0.5) is 5.69 Å². The maximum absolute atomic E-state index is 14.2. The molecule has 6 rings (SSSR count). The van der Waals surface area contributed by atoms with Gasteiger partial charge in [-0.15, -0.1) is 11.3 Å². The van der Waals surface area contributed by atoms with Crippen molar-refractivity contribution in [3.63, 3.8) is 0 Å². The van der Waals surface area contributed by atoms with Gasteiger partial charge in [-0.2, -0.15) is 0 Å². The van der Waals surface area contributed by atoms with Crippen molar-refractivity contribution in [2.24, 2.45) is 17.2 Å². The van der Waals surface area contributed by atoms with Gasteiger partial charge in [0.15, 0.2) is 5.78 Å². The van der Waals surface area contributed by atoms with Crippen molar-refractivity contribution in [1.29, 1.82) is 0 Å². The number of carbonyl (C=O) groups excluding carboxylic acids is 3. The summed E-state index contributed by atoms with van der Waals surface area (Å²) >= 11 is 1.21. The van der Waals surface area contributed by atoms with Crippen molar-refractivity contribution < 1.29 is 19.1 Å². The SMILES string of the molecule is Cc1cc(Oc2ccccc2)ccc1C1(N)C(=O)C(N)c2c(C(=O)N[C@@H]3CC[C@@H](NC(=O)CN)C3)sc3c(N)ccc1c23. The molecule has 1 saturated carbocycles. The van der Waals surface area contributed by atoms with Crippen LogP contribution in [-0.2, 0) is 15.1 Å². The third-order valence-electron chi connectivity index (χ3n) is 8.44. The van der Waals surface area contributed by atoms with Gasteiger partial charge in [0, 0.05) is 28.7 Å². The topological polar surface area (TPSA) is 189 Å². The molecule has 2 unspecified atom stereocenters. The summed E-state index contributed by atoms with van der Waals surface area (Å²) in [6.45, 7) is 1.80. The van der Waals surface area contributed by atoms with E-state index in [1.165, 1.54) is 11.3 Å². The van der Waals surface area contributed by atoms with Crippen molar-refractivity contribution >= 4 is 44.7 Å². The first-order valence-corrected chi connectivity index (χ1v) is 15.0. The van der Waals surface area contributed by atoms with E-state index in [9.17, 15) is 14.4 Å². The first-order chi connectivity index (χ1) is 20.6. The predicted octanol–water partition coefficient (Wildman–Crippen LogP) is 3.09. The maximum Gasteiger partial charge on any atom is 0.261 e. The molecule has 4 atom stereocenters. The average Bonchev–Trinajstić information content (AvgIpc) is 3.61. The second-order valence-electron chi connectivity index (χ2n) is 11.2. The molecular weight excluding hydrogens is 564 g/mol. The highest BCUT2D eigenvalue weighted by Crippen LogP contribution is 2.50. The number of Topliss-reactive ketones (excluding diaryl/α,β-unsaturated/α-hetero) is 1. The lowest BCUT2D eigenvalue weighted by atomic mass is 9.69. The zero-order chi connectivity index (χ0) is 30.5. The van der Waals surface area contributed by atoms with Crippen molar-refractivity contribution in [1.82, 2.24) is 10.6 Å². The second kappa shape index (κ2) is 11.1. The Labute approximate surface area is 252 Å². The van der Waals surface area contributed by atoms with Crippen LogP contribution in [-0.4, -0.2) is 36.2 Å². The van der Waals surface area contributed by atoms with Crippen LogP contribution in [0.15, 0.2) is 60.7 Å². The van der Waals surface area contributed by atoms with Crippen molar-refractivity contribution in [2.45, 2.75) is 49.9 Å². The lowest BCUT2D eigenvalue weighted by Crippen LogP contribution is -2.53. The van der Waals surface area contributed by atoms with E-state index in [1.807, 2.05) is 43.3 Å². The number of nitrogens with one attached hydrogen (secondary N) is 2. The molecule has 0 bridgehead atoms. The van der Waals surface area contributed by atoms with Crippen LogP contribution >= 0.6 is 11.3 Å². The Morgan fingerprint density at radius 3 is 2.40 bits per heavy atom.